The van der Waals surface area contributed by atoms with Gasteiger partial charge in [0.15, 0.2) is 0 Å². The van der Waals surface area contributed by atoms with E-state index in [0.29, 0.717) is 33.6 Å². The van der Waals surface area contributed by atoms with Gasteiger partial charge in [0.2, 0.25) is 0 Å². The Morgan fingerprint density at radius 3 is 1.46 bits per heavy atom. The molecule has 0 bridgehead atoms. The van der Waals surface area contributed by atoms with Gasteiger partial charge in [0.1, 0.15) is 11.5 Å². The zero-order chi connectivity index (χ0) is 19.9. The van der Waals surface area contributed by atoms with Gasteiger partial charge in [-0.2, -0.15) is 0 Å². The van der Waals surface area contributed by atoms with E-state index in [1.54, 1.807) is 36.4 Å². The maximum Gasteiger partial charge on any atom is 0.124 e. The predicted octanol–water partition coefficient (Wildman–Crippen LogP) is 3.58. The van der Waals surface area contributed by atoms with Gasteiger partial charge in [-0.05, 0) is 47.5 Å². The van der Waals surface area contributed by atoms with Gasteiger partial charge in [-0.1, -0.05) is 24.3 Å². The molecule has 6 nitrogen and oxygen atoms in total. The molecule has 0 unspecified atom stereocenters. The number of phenolic OH excluding ortho intramolecular Hbond substituents is 2. The van der Waals surface area contributed by atoms with E-state index in [4.69, 9.17) is 0 Å². The number of hydrogen-bond donors (Lipinski definition) is 4. The van der Waals surface area contributed by atoms with Crippen molar-refractivity contribution < 1.29 is 20.4 Å². The summed E-state index contributed by atoms with van der Waals surface area (Å²) in [5.41, 5.74) is 3.46. The van der Waals surface area contributed by atoms with E-state index < -0.39 is 0 Å². The van der Waals surface area contributed by atoms with Gasteiger partial charge in [0.05, 0.1) is 24.6 Å². The zero-order valence-corrected chi connectivity index (χ0v) is 15.0. The molecule has 0 aliphatic carbocycles. The largest absolute Gasteiger partial charge is 0.507 e. The molecule has 0 aromatic heterocycles. The molecule has 6 heteroatoms. The van der Waals surface area contributed by atoms with Crippen molar-refractivity contribution in [3.05, 3.63) is 82.9 Å². The summed E-state index contributed by atoms with van der Waals surface area (Å²) in [6.07, 6.45) is 3.01. The minimum atomic E-state index is -0.127. The molecule has 0 aliphatic heterocycles. The second kappa shape index (κ2) is 8.94. The van der Waals surface area contributed by atoms with Gasteiger partial charge < -0.3 is 20.4 Å². The monoisotopic (exact) mass is 376 g/mol. The molecule has 142 valence electrons. The first-order valence-electron chi connectivity index (χ1n) is 8.63. The number of hydrogen-bond acceptors (Lipinski definition) is 6. The Balaban J connectivity index is 1.90. The molecule has 0 spiro atoms. The first-order valence-corrected chi connectivity index (χ1v) is 8.63. The van der Waals surface area contributed by atoms with Gasteiger partial charge in [0.25, 0.3) is 0 Å². The first-order chi connectivity index (χ1) is 13.6. The van der Waals surface area contributed by atoms with Crippen molar-refractivity contribution in [3.63, 3.8) is 0 Å². The van der Waals surface area contributed by atoms with Gasteiger partial charge in [0, 0.05) is 23.6 Å². The first kappa shape index (κ1) is 19.3. The van der Waals surface area contributed by atoms with Crippen molar-refractivity contribution in [2.24, 2.45) is 9.98 Å². The summed E-state index contributed by atoms with van der Waals surface area (Å²) in [7, 11) is 0. The van der Waals surface area contributed by atoms with Crippen LogP contribution in [0.25, 0.3) is 0 Å². The zero-order valence-electron chi connectivity index (χ0n) is 15.0. The van der Waals surface area contributed by atoms with Crippen molar-refractivity contribution in [3.8, 4) is 11.5 Å². The maximum atomic E-state index is 9.96. The normalized spacial score (nSPS) is 11.5. The second-order valence-corrected chi connectivity index (χ2v) is 6.11. The van der Waals surface area contributed by atoms with Crippen molar-refractivity contribution in [1.29, 1.82) is 0 Å². The number of para-hydroxylation sites is 2. The van der Waals surface area contributed by atoms with Crippen molar-refractivity contribution in [2.45, 2.75) is 13.2 Å². The topological polar surface area (TPSA) is 106 Å². The summed E-state index contributed by atoms with van der Waals surface area (Å²) in [4.78, 5) is 8.80. The highest BCUT2D eigenvalue weighted by Crippen LogP contribution is 2.28. The molecule has 0 radical (unpaired) electrons. The third-order valence-electron chi connectivity index (χ3n) is 4.12. The van der Waals surface area contributed by atoms with Crippen molar-refractivity contribution in [2.75, 3.05) is 0 Å². The van der Waals surface area contributed by atoms with E-state index in [-0.39, 0.29) is 24.7 Å². The van der Waals surface area contributed by atoms with Gasteiger partial charge in [-0.25, -0.2) is 0 Å². The van der Waals surface area contributed by atoms with Crippen LogP contribution in [-0.4, -0.2) is 32.9 Å². The Bertz CT molecular complexity index is 946. The molecule has 0 amide bonds. The lowest BCUT2D eigenvalue weighted by molar-refractivity contribution is 0.281. The van der Waals surface area contributed by atoms with Crippen LogP contribution < -0.4 is 0 Å². The average molecular weight is 376 g/mol. The molecular weight excluding hydrogens is 356 g/mol. The summed E-state index contributed by atoms with van der Waals surface area (Å²) >= 11 is 0. The fraction of sp³-hybridized carbons (Fsp3) is 0.0909. The quantitative estimate of drug-likeness (QED) is 0.493. The number of aliphatic hydroxyl groups is 2. The molecule has 3 aromatic rings. The van der Waals surface area contributed by atoms with Crippen LogP contribution in [0, 0.1) is 0 Å². The summed E-state index contributed by atoms with van der Waals surface area (Å²) in [6.45, 7) is -0.253. The molecular formula is C22H20N2O4. The van der Waals surface area contributed by atoms with Crippen molar-refractivity contribution in [1.82, 2.24) is 0 Å². The highest BCUT2D eigenvalue weighted by Gasteiger charge is 2.03. The minimum Gasteiger partial charge on any atom is -0.507 e. The average Bonchev–Trinajstić information content (AvgIpc) is 2.73. The summed E-state index contributed by atoms with van der Waals surface area (Å²) in [6, 6.07) is 16.8. The van der Waals surface area contributed by atoms with E-state index in [0.717, 1.165) is 0 Å². The molecule has 0 fully saturated rings. The lowest BCUT2D eigenvalue weighted by Gasteiger charge is -2.04. The van der Waals surface area contributed by atoms with Crippen LogP contribution in [0.2, 0.25) is 0 Å². The molecule has 0 atom stereocenters. The SMILES string of the molecule is OCc1ccc(O)c(C=Nc2ccccc2N=Cc2cc(CO)ccc2O)c1. The highest BCUT2D eigenvalue weighted by atomic mass is 16.3. The molecule has 0 heterocycles. The number of aliphatic hydroxyl groups excluding tert-OH is 2. The van der Waals surface area contributed by atoms with E-state index >= 15 is 0 Å². The van der Waals surface area contributed by atoms with Crippen LogP contribution in [-0.2, 0) is 13.2 Å². The highest BCUT2D eigenvalue weighted by molar-refractivity contribution is 5.89. The maximum absolute atomic E-state index is 9.96. The molecule has 3 aromatic carbocycles. The summed E-state index contributed by atoms with van der Waals surface area (Å²) in [5.74, 6) is 0.125. The van der Waals surface area contributed by atoms with Crippen LogP contribution in [0.5, 0.6) is 11.5 Å². The third kappa shape index (κ3) is 4.62. The van der Waals surface area contributed by atoms with Gasteiger partial charge in [-0.15, -0.1) is 0 Å². The van der Waals surface area contributed by atoms with E-state index in [1.807, 2.05) is 12.1 Å². The number of benzene rings is 3. The Morgan fingerprint density at radius 1 is 0.643 bits per heavy atom. The Labute approximate surface area is 162 Å². The van der Waals surface area contributed by atoms with E-state index in [2.05, 4.69) is 9.98 Å². The third-order valence-corrected chi connectivity index (χ3v) is 4.12. The molecule has 0 saturated carbocycles. The summed E-state index contributed by atoms with van der Waals surface area (Å²) in [5, 5.41) is 38.4. The minimum absolute atomic E-state index is 0.0627. The van der Waals surface area contributed by atoms with Gasteiger partial charge in [-0.3, -0.25) is 9.98 Å². The number of phenols is 2. The number of nitrogens with zero attached hydrogens (tertiary/aromatic N) is 2. The lowest BCUT2D eigenvalue weighted by atomic mass is 10.1. The Hall–Kier alpha value is -3.48. The molecule has 0 saturated heterocycles. The predicted molar refractivity (Wildman–Crippen MR) is 109 cm³/mol. The van der Waals surface area contributed by atoms with Gasteiger partial charge >= 0.3 is 0 Å². The van der Waals surface area contributed by atoms with Crippen LogP contribution >= 0.6 is 0 Å². The molecule has 4 N–H and O–H groups in total. The number of aliphatic imine (C=N–C) groups is 2. The Kier molecular flexibility index (Phi) is 6.16. The molecule has 0 aliphatic rings. The van der Waals surface area contributed by atoms with Crippen LogP contribution in [0.4, 0.5) is 11.4 Å². The molecule has 3 rings (SSSR count). The van der Waals surface area contributed by atoms with Crippen molar-refractivity contribution >= 4 is 23.8 Å². The Morgan fingerprint density at radius 2 is 1.07 bits per heavy atom. The fourth-order valence-corrected chi connectivity index (χ4v) is 2.57. The summed E-state index contributed by atoms with van der Waals surface area (Å²) < 4.78 is 0. The standard InChI is InChI=1S/C22H20N2O4/c25-13-15-5-7-21(27)17(9-15)11-23-19-3-1-2-4-20(19)24-12-18-10-16(14-26)6-8-22(18)28/h1-12,25-28H,13-14H2. The van der Waals surface area contributed by atoms with E-state index in [9.17, 15) is 20.4 Å². The number of rotatable bonds is 6. The van der Waals surface area contributed by atoms with E-state index in [1.165, 1.54) is 24.6 Å². The fourth-order valence-electron chi connectivity index (χ4n) is 2.57. The molecule has 28 heavy (non-hydrogen) atoms. The smallest absolute Gasteiger partial charge is 0.124 e. The lowest BCUT2D eigenvalue weighted by Crippen LogP contribution is -1.88. The van der Waals surface area contributed by atoms with Crippen LogP contribution in [0.3, 0.4) is 0 Å². The van der Waals surface area contributed by atoms with Crippen LogP contribution in [0.1, 0.15) is 22.3 Å². The second-order valence-electron chi connectivity index (χ2n) is 6.11. The number of aromatic hydroxyl groups is 2. The van der Waals surface area contributed by atoms with Crippen LogP contribution in [0.15, 0.2) is 70.6 Å².